The van der Waals surface area contributed by atoms with E-state index >= 15 is 0 Å². The largest absolute Gasteiger partial charge is 0.356 e. The number of rotatable bonds is 5. The molecule has 1 heterocycles. The normalized spacial score (nSPS) is 15.2. The zero-order valence-electron chi connectivity index (χ0n) is 9.91. The Kier molecular flexibility index (Phi) is 3.79. The first-order valence-corrected chi connectivity index (χ1v) is 6.80. The van der Waals surface area contributed by atoms with Gasteiger partial charge in [-0.05, 0) is 41.6 Å². The van der Waals surface area contributed by atoms with Crippen LogP contribution in [0.3, 0.4) is 0 Å². The highest BCUT2D eigenvalue weighted by molar-refractivity contribution is 9.10. The Balaban J connectivity index is 2.17. The van der Waals surface area contributed by atoms with E-state index in [1.54, 1.807) is 0 Å². The van der Waals surface area contributed by atoms with E-state index in [4.69, 9.17) is 0 Å². The summed E-state index contributed by atoms with van der Waals surface area (Å²) in [6, 6.07) is 2.02. The molecule has 0 saturated heterocycles. The van der Waals surface area contributed by atoms with Crippen molar-refractivity contribution in [3.63, 3.8) is 0 Å². The van der Waals surface area contributed by atoms with Gasteiger partial charge in [0, 0.05) is 25.6 Å². The summed E-state index contributed by atoms with van der Waals surface area (Å²) in [5, 5.41) is 0. The molecule has 0 aromatic carbocycles. The standard InChI is InChI=1S/C12H18BrN3/c1-3-11-14-10(13)7-12(15-11)16(4-2)8-9-5-6-9/h7,9H,3-6,8H2,1-2H3. The quantitative estimate of drug-likeness (QED) is 0.778. The van der Waals surface area contributed by atoms with Gasteiger partial charge in [0.25, 0.3) is 0 Å². The summed E-state index contributed by atoms with van der Waals surface area (Å²) in [5.74, 6) is 2.87. The summed E-state index contributed by atoms with van der Waals surface area (Å²) in [6.45, 7) is 6.43. The van der Waals surface area contributed by atoms with Crippen molar-refractivity contribution < 1.29 is 0 Å². The first-order chi connectivity index (χ1) is 7.72. The zero-order valence-corrected chi connectivity index (χ0v) is 11.5. The number of nitrogens with zero attached hydrogens (tertiary/aromatic N) is 3. The summed E-state index contributed by atoms with van der Waals surface area (Å²) in [6.07, 6.45) is 3.64. The third-order valence-corrected chi connectivity index (χ3v) is 3.33. The fraction of sp³-hybridized carbons (Fsp3) is 0.667. The fourth-order valence-corrected chi connectivity index (χ4v) is 2.18. The van der Waals surface area contributed by atoms with E-state index < -0.39 is 0 Å². The Morgan fingerprint density at radius 3 is 2.69 bits per heavy atom. The summed E-state index contributed by atoms with van der Waals surface area (Å²) in [5.41, 5.74) is 0. The molecular weight excluding hydrogens is 266 g/mol. The molecule has 0 atom stereocenters. The van der Waals surface area contributed by atoms with Gasteiger partial charge in [-0.1, -0.05) is 6.92 Å². The Bertz CT molecular complexity index is 363. The Morgan fingerprint density at radius 2 is 2.12 bits per heavy atom. The summed E-state index contributed by atoms with van der Waals surface area (Å²) < 4.78 is 0.892. The molecule has 1 aromatic rings. The SMILES string of the molecule is CCc1nc(Br)cc(N(CC)CC2CC2)n1. The third kappa shape index (κ3) is 2.94. The van der Waals surface area contributed by atoms with Crippen LogP contribution in [-0.4, -0.2) is 23.1 Å². The van der Waals surface area contributed by atoms with Crippen LogP contribution < -0.4 is 4.90 Å². The maximum absolute atomic E-state index is 4.59. The number of aryl methyl sites for hydroxylation is 1. The molecule has 0 spiro atoms. The lowest BCUT2D eigenvalue weighted by Gasteiger charge is -2.22. The van der Waals surface area contributed by atoms with E-state index in [1.165, 1.54) is 12.8 Å². The Morgan fingerprint density at radius 1 is 1.38 bits per heavy atom. The lowest BCUT2D eigenvalue weighted by atomic mass is 10.3. The maximum atomic E-state index is 4.59. The van der Waals surface area contributed by atoms with E-state index in [-0.39, 0.29) is 0 Å². The van der Waals surface area contributed by atoms with E-state index in [0.29, 0.717) is 0 Å². The molecule has 3 nitrogen and oxygen atoms in total. The molecule has 0 amide bonds. The van der Waals surface area contributed by atoms with Crippen molar-refractivity contribution in [3.8, 4) is 0 Å². The number of hydrogen-bond donors (Lipinski definition) is 0. The minimum absolute atomic E-state index is 0.882. The lowest BCUT2D eigenvalue weighted by Crippen LogP contribution is -2.26. The Labute approximate surface area is 105 Å². The van der Waals surface area contributed by atoms with Crippen molar-refractivity contribution >= 4 is 21.7 Å². The molecule has 1 saturated carbocycles. The second-order valence-electron chi connectivity index (χ2n) is 4.30. The lowest BCUT2D eigenvalue weighted by molar-refractivity contribution is 0.724. The molecule has 0 aliphatic heterocycles. The highest BCUT2D eigenvalue weighted by Crippen LogP contribution is 2.31. The van der Waals surface area contributed by atoms with Gasteiger partial charge in [0.15, 0.2) is 0 Å². The molecule has 1 aliphatic rings. The van der Waals surface area contributed by atoms with Gasteiger partial charge in [-0.2, -0.15) is 0 Å². The molecule has 1 aliphatic carbocycles. The highest BCUT2D eigenvalue weighted by Gasteiger charge is 2.24. The molecular formula is C12H18BrN3. The van der Waals surface area contributed by atoms with Gasteiger partial charge in [0.1, 0.15) is 16.2 Å². The number of halogens is 1. The Hall–Kier alpha value is -0.640. The number of aromatic nitrogens is 2. The number of hydrogen-bond acceptors (Lipinski definition) is 3. The van der Waals surface area contributed by atoms with Crippen LogP contribution >= 0.6 is 15.9 Å². The van der Waals surface area contributed by atoms with Crippen LogP contribution in [-0.2, 0) is 6.42 Å². The van der Waals surface area contributed by atoms with Gasteiger partial charge >= 0.3 is 0 Å². The fourth-order valence-electron chi connectivity index (χ4n) is 1.77. The van der Waals surface area contributed by atoms with Gasteiger partial charge in [0.05, 0.1) is 0 Å². The second kappa shape index (κ2) is 5.13. The van der Waals surface area contributed by atoms with Crippen molar-refractivity contribution in [1.29, 1.82) is 0 Å². The van der Waals surface area contributed by atoms with Crippen molar-refractivity contribution in [3.05, 3.63) is 16.5 Å². The van der Waals surface area contributed by atoms with E-state index in [9.17, 15) is 0 Å². The average Bonchev–Trinajstić information content (AvgIpc) is 3.08. The zero-order chi connectivity index (χ0) is 11.5. The molecule has 0 bridgehead atoms. The summed E-state index contributed by atoms with van der Waals surface area (Å²) in [7, 11) is 0. The van der Waals surface area contributed by atoms with E-state index in [2.05, 4.69) is 44.6 Å². The van der Waals surface area contributed by atoms with Crippen LogP contribution in [0.4, 0.5) is 5.82 Å². The van der Waals surface area contributed by atoms with Crippen molar-refractivity contribution in [2.24, 2.45) is 5.92 Å². The van der Waals surface area contributed by atoms with Crippen LogP contribution in [0.15, 0.2) is 10.7 Å². The monoisotopic (exact) mass is 283 g/mol. The molecule has 1 aromatic heterocycles. The molecule has 16 heavy (non-hydrogen) atoms. The van der Waals surface area contributed by atoms with Crippen molar-refractivity contribution in [2.45, 2.75) is 33.1 Å². The topological polar surface area (TPSA) is 29.0 Å². The molecule has 4 heteroatoms. The second-order valence-corrected chi connectivity index (χ2v) is 5.11. The first-order valence-electron chi connectivity index (χ1n) is 6.01. The van der Waals surface area contributed by atoms with Crippen LogP contribution in [0.5, 0.6) is 0 Å². The molecule has 0 unspecified atom stereocenters. The minimum atomic E-state index is 0.882. The van der Waals surface area contributed by atoms with E-state index in [0.717, 1.165) is 41.7 Å². The van der Waals surface area contributed by atoms with Crippen LogP contribution in [0, 0.1) is 5.92 Å². The molecule has 2 rings (SSSR count). The van der Waals surface area contributed by atoms with Crippen LogP contribution in [0.1, 0.15) is 32.5 Å². The predicted octanol–water partition coefficient (Wildman–Crippen LogP) is 3.04. The van der Waals surface area contributed by atoms with E-state index in [1.807, 2.05) is 6.07 Å². The maximum Gasteiger partial charge on any atom is 0.133 e. The van der Waals surface area contributed by atoms with Gasteiger partial charge in [-0.25, -0.2) is 9.97 Å². The van der Waals surface area contributed by atoms with Gasteiger partial charge in [-0.15, -0.1) is 0 Å². The minimum Gasteiger partial charge on any atom is -0.356 e. The molecule has 1 fully saturated rings. The third-order valence-electron chi connectivity index (χ3n) is 2.93. The average molecular weight is 284 g/mol. The predicted molar refractivity (Wildman–Crippen MR) is 69.7 cm³/mol. The van der Waals surface area contributed by atoms with Crippen molar-refractivity contribution in [1.82, 2.24) is 9.97 Å². The van der Waals surface area contributed by atoms with Gasteiger partial charge in [-0.3, -0.25) is 0 Å². The smallest absolute Gasteiger partial charge is 0.133 e. The highest BCUT2D eigenvalue weighted by atomic mass is 79.9. The molecule has 88 valence electrons. The van der Waals surface area contributed by atoms with Crippen LogP contribution in [0.2, 0.25) is 0 Å². The summed E-state index contributed by atoms with van der Waals surface area (Å²) in [4.78, 5) is 11.3. The van der Waals surface area contributed by atoms with Gasteiger partial charge < -0.3 is 4.90 Å². The first kappa shape index (κ1) is 11.8. The van der Waals surface area contributed by atoms with Crippen molar-refractivity contribution in [2.75, 3.05) is 18.0 Å². The number of anilines is 1. The molecule has 0 radical (unpaired) electrons. The summed E-state index contributed by atoms with van der Waals surface area (Å²) >= 11 is 3.46. The molecule has 0 N–H and O–H groups in total. The van der Waals surface area contributed by atoms with Gasteiger partial charge in [0.2, 0.25) is 0 Å². The van der Waals surface area contributed by atoms with Crippen LogP contribution in [0.25, 0.3) is 0 Å².